The van der Waals surface area contributed by atoms with Crippen LogP contribution in [0.15, 0.2) is 182 Å². The normalized spacial score (nSPS) is 12.9. The van der Waals surface area contributed by atoms with Gasteiger partial charge in [0.1, 0.15) is 0 Å². The first-order valence-electron chi connectivity index (χ1n) is 25.3. The Balaban J connectivity index is 1.26. The standard InChI is InChI=1S/C68H66N2/c1-65(2,3)46-30-34-51(57(41-46)43-20-14-13-15-21-43)54-35-31-47(66(4,5)6)42-62(54)69(50-39-48(67(7,8)9)38-49(40-50)68(10,11)12)60-36-28-44-27-33-56-61(37-29-45-26-32-55(60)63(44)64(45)56)70-58-24-18-16-22-52(58)53-23-17-19-25-59(53)70/h13-42H,1-12H3. The minimum Gasteiger partial charge on any atom is -0.309 e. The van der Waals surface area contributed by atoms with E-state index in [0.29, 0.717) is 0 Å². The molecule has 0 saturated carbocycles. The van der Waals surface area contributed by atoms with Gasteiger partial charge in [0.05, 0.1) is 28.1 Å². The van der Waals surface area contributed by atoms with Gasteiger partial charge in [-0.2, -0.15) is 0 Å². The van der Waals surface area contributed by atoms with Gasteiger partial charge >= 0.3 is 0 Å². The molecule has 11 aromatic rings. The zero-order valence-electron chi connectivity index (χ0n) is 43.2. The Morgan fingerprint density at radius 2 is 0.814 bits per heavy atom. The Morgan fingerprint density at radius 1 is 0.329 bits per heavy atom. The molecule has 0 N–H and O–H groups in total. The van der Waals surface area contributed by atoms with E-state index in [1.807, 2.05) is 0 Å². The highest BCUT2D eigenvalue weighted by Gasteiger charge is 2.29. The molecule has 0 aliphatic carbocycles. The molecule has 0 amide bonds. The third-order valence-corrected chi connectivity index (χ3v) is 15.0. The zero-order valence-corrected chi connectivity index (χ0v) is 43.2. The van der Waals surface area contributed by atoms with Crippen molar-refractivity contribution in [2.45, 2.75) is 105 Å². The molecule has 0 bridgehead atoms. The van der Waals surface area contributed by atoms with E-state index < -0.39 is 0 Å². The van der Waals surface area contributed by atoms with Crippen LogP contribution in [0.2, 0.25) is 0 Å². The van der Waals surface area contributed by atoms with Gasteiger partial charge in [0.25, 0.3) is 0 Å². The van der Waals surface area contributed by atoms with Crippen LogP contribution in [0.4, 0.5) is 17.1 Å². The number of fused-ring (bicyclic) bond motifs is 3. The Kier molecular flexibility index (Phi) is 10.5. The van der Waals surface area contributed by atoms with Crippen LogP contribution in [0.3, 0.4) is 0 Å². The molecule has 2 heteroatoms. The minimum absolute atomic E-state index is 0.0209. The first kappa shape index (κ1) is 45.3. The van der Waals surface area contributed by atoms with Crippen molar-refractivity contribution in [1.29, 1.82) is 0 Å². The quantitative estimate of drug-likeness (QED) is 0.151. The van der Waals surface area contributed by atoms with Gasteiger partial charge in [-0.15, -0.1) is 0 Å². The summed E-state index contributed by atoms with van der Waals surface area (Å²) in [7, 11) is 0. The van der Waals surface area contributed by atoms with Crippen LogP contribution in [-0.4, -0.2) is 4.57 Å². The molecule has 0 fully saturated rings. The topological polar surface area (TPSA) is 8.17 Å². The van der Waals surface area contributed by atoms with Crippen LogP contribution in [0.1, 0.15) is 105 Å². The summed E-state index contributed by atoms with van der Waals surface area (Å²) in [6.45, 7) is 28.1. The highest BCUT2D eigenvalue weighted by atomic mass is 15.1. The number of benzene rings is 10. The van der Waals surface area contributed by atoms with Gasteiger partial charge in [0, 0.05) is 32.8 Å². The third kappa shape index (κ3) is 7.64. The van der Waals surface area contributed by atoms with Crippen molar-refractivity contribution in [1.82, 2.24) is 4.57 Å². The van der Waals surface area contributed by atoms with Crippen LogP contribution in [0.25, 0.3) is 82.1 Å². The van der Waals surface area contributed by atoms with Crippen molar-refractivity contribution >= 4 is 71.2 Å². The molecule has 0 radical (unpaired) electrons. The van der Waals surface area contributed by atoms with Crippen molar-refractivity contribution in [2.24, 2.45) is 0 Å². The number of para-hydroxylation sites is 2. The minimum atomic E-state index is -0.104. The lowest BCUT2D eigenvalue weighted by atomic mass is 9.79. The molecule has 348 valence electrons. The van der Waals surface area contributed by atoms with Gasteiger partial charge in [0.15, 0.2) is 0 Å². The lowest BCUT2D eigenvalue weighted by Crippen LogP contribution is -2.20. The van der Waals surface area contributed by atoms with Crippen LogP contribution in [0.5, 0.6) is 0 Å². The first-order chi connectivity index (χ1) is 33.3. The van der Waals surface area contributed by atoms with Gasteiger partial charge in [-0.3, -0.25) is 0 Å². The Bertz CT molecular complexity index is 3710. The number of aromatic nitrogens is 1. The van der Waals surface area contributed by atoms with E-state index in [4.69, 9.17) is 0 Å². The first-order valence-corrected chi connectivity index (χ1v) is 25.3. The fourth-order valence-corrected chi connectivity index (χ4v) is 10.9. The lowest BCUT2D eigenvalue weighted by molar-refractivity contribution is 0.569. The monoisotopic (exact) mass is 911 g/mol. The zero-order chi connectivity index (χ0) is 49.1. The van der Waals surface area contributed by atoms with Crippen LogP contribution >= 0.6 is 0 Å². The summed E-state index contributed by atoms with van der Waals surface area (Å²) in [5.74, 6) is 0. The van der Waals surface area contributed by atoms with Crippen molar-refractivity contribution in [3.63, 3.8) is 0 Å². The molecule has 0 saturated heterocycles. The number of rotatable bonds is 6. The third-order valence-electron chi connectivity index (χ3n) is 15.0. The largest absolute Gasteiger partial charge is 0.309 e. The Morgan fingerprint density at radius 3 is 1.40 bits per heavy atom. The fourth-order valence-electron chi connectivity index (χ4n) is 10.9. The summed E-state index contributed by atoms with van der Waals surface area (Å²) in [5, 5.41) is 10.1. The molecule has 0 atom stereocenters. The van der Waals surface area contributed by atoms with Gasteiger partial charge in [-0.05, 0) is 125 Å². The van der Waals surface area contributed by atoms with Gasteiger partial charge in [0.2, 0.25) is 0 Å². The summed E-state index contributed by atoms with van der Waals surface area (Å²) in [6, 6.07) is 69.5. The molecule has 0 aliphatic heterocycles. The van der Waals surface area contributed by atoms with E-state index in [0.717, 1.165) is 5.69 Å². The van der Waals surface area contributed by atoms with E-state index in [1.165, 1.54) is 116 Å². The molecular formula is C68H66N2. The lowest BCUT2D eigenvalue weighted by Gasteiger charge is -2.34. The Hall–Kier alpha value is -7.16. The molecule has 2 nitrogen and oxygen atoms in total. The molecule has 0 unspecified atom stereocenters. The summed E-state index contributed by atoms with van der Waals surface area (Å²) < 4.78 is 2.48. The second-order valence-corrected chi connectivity index (χ2v) is 23.9. The summed E-state index contributed by atoms with van der Waals surface area (Å²) in [4.78, 5) is 2.63. The molecule has 0 aliphatic rings. The second kappa shape index (κ2) is 16.2. The predicted octanol–water partition coefficient (Wildman–Crippen LogP) is 19.7. The summed E-state index contributed by atoms with van der Waals surface area (Å²) in [6.07, 6.45) is 0. The maximum absolute atomic E-state index is 2.63. The highest BCUT2D eigenvalue weighted by molar-refractivity contribution is 6.27. The molecule has 0 spiro atoms. The van der Waals surface area contributed by atoms with Gasteiger partial charge in [-0.1, -0.05) is 223 Å². The summed E-state index contributed by atoms with van der Waals surface area (Å²) >= 11 is 0. The van der Waals surface area contributed by atoms with Crippen molar-refractivity contribution < 1.29 is 0 Å². The molecule has 11 rings (SSSR count). The Labute approximate surface area is 415 Å². The molecule has 1 aromatic heterocycles. The highest BCUT2D eigenvalue weighted by Crippen LogP contribution is 2.51. The van der Waals surface area contributed by atoms with Crippen LogP contribution < -0.4 is 4.90 Å². The van der Waals surface area contributed by atoms with E-state index in [-0.39, 0.29) is 21.7 Å². The average molecular weight is 911 g/mol. The fraction of sp³-hybridized carbons (Fsp3) is 0.235. The number of nitrogens with zero attached hydrogens (tertiary/aromatic N) is 2. The van der Waals surface area contributed by atoms with Gasteiger partial charge < -0.3 is 9.47 Å². The maximum atomic E-state index is 2.63. The molecule has 70 heavy (non-hydrogen) atoms. The number of hydrogen-bond donors (Lipinski definition) is 0. The average Bonchev–Trinajstić information content (AvgIpc) is 3.66. The van der Waals surface area contributed by atoms with E-state index in [9.17, 15) is 0 Å². The van der Waals surface area contributed by atoms with E-state index >= 15 is 0 Å². The van der Waals surface area contributed by atoms with E-state index in [1.54, 1.807) is 0 Å². The van der Waals surface area contributed by atoms with Crippen molar-refractivity contribution in [3.8, 4) is 27.9 Å². The SMILES string of the molecule is CC(C)(C)c1cc(N(c2cc(C(C)(C)C)ccc2-c2ccc(C(C)(C)C)cc2-c2ccccc2)c2ccc3ccc4c(-n5c6ccccc6c6ccccc65)ccc5ccc2c3c54)cc(C(C)(C)C)c1. The predicted molar refractivity (Wildman–Crippen MR) is 305 cm³/mol. The number of hydrogen-bond acceptors (Lipinski definition) is 1. The molecule has 10 aromatic carbocycles. The molecule has 1 heterocycles. The number of anilines is 3. The van der Waals surface area contributed by atoms with Crippen molar-refractivity contribution in [3.05, 3.63) is 204 Å². The second-order valence-electron chi connectivity index (χ2n) is 23.9. The molecular weight excluding hydrogens is 845 g/mol. The smallest absolute Gasteiger partial charge is 0.0543 e. The van der Waals surface area contributed by atoms with Gasteiger partial charge in [-0.25, -0.2) is 0 Å². The van der Waals surface area contributed by atoms with Crippen LogP contribution in [0, 0.1) is 0 Å². The summed E-state index contributed by atoms with van der Waals surface area (Å²) in [5.41, 5.74) is 16.9. The van der Waals surface area contributed by atoms with Crippen LogP contribution in [-0.2, 0) is 21.7 Å². The maximum Gasteiger partial charge on any atom is 0.0543 e. The van der Waals surface area contributed by atoms with E-state index in [2.05, 4.69) is 275 Å². The van der Waals surface area contributed by atoms with Crippen molar-refractivity contribution in [2.75, 3.05) is 4.90 Å².